The highest BCUT2D eigenvalue weighted by atomic mass is 127. The molecule has 1 N–H and O–H groups in total. The van der Waals surface area contributed by atoms with Gasteiger partial charge in [0.2, 0.25) is 0 Å². The van der Waals surface area contributed by atoms with Gasteiger partial charge in [0.15, 0.2) is 5.96 Å². The zero-order valence-corrected chi connectivity index (χ0v) is 19.5. The molecule has 0 radical (unpaired) electrons. The van der Waals surface area contributed by atoms with Gasteiger partial charge in [0, 0.05) is 51.3 Å². The van der Waals surface area contributed by atoms with Crippen molar-refractivity contribution < 1.29 is 0 Å². The average molecular weight is 517 g/mol. The monoisotopic (exact) mass is 517 g/mol. The highest BCUT2D eigenvalue weighted by molar-refractivity contribution is 14.0. The quantitative estimate of drug-likeness (QED) is 0.320. The van der Waals surface area contributed by atoms with Crippen molar-refractivity contribution in [1.29, 1.82) is 0 Å². The Kier molecular flexibility index (Phi) is 8.06. The van der Waals surface area contributed by atoms with E-state index in [1.54, 1.807) is 6.20 Å². The zero-order chi connectivity index (χ0) is 19.9. The van der Waals surface area contributed by atoms with Crippen molar-refractivity contribution in [3.63, 3.8) is 0 Å². The second-order valence-electron chi connectivity index (χ2n) is 6.93. The van der Waals surface area contributed by atoms with E-state index in [9.17, 15) is 0 Å². The largest absolute Gasteiger partial charge is 0.357 e. The number of anilines is 1. The second kappa shape index (κ2) is 11.0. The molecule has 7 nitrogen and oxygen atoms in total. The molecule has 3 heterocycles. The van der Waals surface area contributed by atoms with Crippen LogP contribution < -0.4 is 10.2 Å². The summed E-state index contributed by atoms with van der Waals surface area (Å²) in [5, 5.41) is 3.45. The molecule has 1 aliphatic heterocycles. The molecule has 158 valence electrons. The molecule has 2 aromatic heterocycles. The van der Waals surface area contributed by atoms with Crippen molar-refractivity contribution in [1.82, 2.24) is 24.8 Å². The first-order valence-corrected chi connectivity index (χ1v) is 10.1. The minimum atomic E-state index is 0. The fourth-order valence-corrected chi connectivity index (χ4v) is 3.57. The van der Waals surface area contributed by atoms with Gasteiger partial charge in [-0.2, -0.15) is 0 Å². The third kappa shape index (κ3) is 5.29. The van der Waals surface area contributed by atoms with Crippen molar-refractivity contribution in [2.45, 2.75) is 13.5 Å². The minimum Gasteiger partial charge on any atom is -0.357 e. The molecular formula is C22H28IN7. The summed E-state index contributed by atoms with van der Waals surface area (Å²) >= 11 is 0. The highest BCUT2D eigenvalue weighted by Crippen LogP contribution is 2.16. The molecule has 30 heavy (non-hydrogen) atoms. The second-order valence-corrected chi connectivity index (χ2v) is 6.93. The van der Waals surface area contributed by atoms with Gasteiger partial charge in [-0.1, -0.05) is 24.3 Å². The van der Waals surface area contributed by atoms with E-state index in [2.05, 4.69) is 56.3 Å². The molecule has 1 saturated heterocycles. The lowest BCUT2D eigenvalue weighted by Crippen LogP contribution is -2.52. The van der Waals surface area contributed by atoms with Gasteiger partial charge in [0.1, 0.15) is 5.82 Å². The van der Waals surface area contributed by atoms with Crippen LogP contribution in [0, 0.1) is 0 Å². The normalized spacial score (nSPS) is 14.4. The molecule has 1 fully saturated rings. The number of imidazole rings is 1. The van der Waals surface area contributed by atoms with Gasteiger partial charge in [-0.15, -0.1) is 24.0 Å². The number of aromatic nitrogens is 3. The first-order chi connectivity index (χ1) is 14.3. The van der Waals surface area contributed by atoms with E-state index in [1.807, 2.05) is 41.5 Å². The van der Waals surface area contributed by atoms with Gasteiger partial charge >= 0.3 is 0 Å². The number of piperazine rings is 1. The van der Waals surface area contributed by atoms with Gasteiger partial charge in [-0.05, 0) is 30.7 Å². The summed E-state index contributed by atoms with van der Waals surface area (Å²) in [4.78, 5) is 18.2. The Labute approximate surface area is 194 Å². The molecule has 0 bridgehead atoms. The Morgan fingerprint density at radius 2 is 1.83 bits per heavy atom. The van der Waals surface area contributed by atoms with Crippen LogP contribution in [0.2, 0.25) is 0 Å². The number of nitrogens with one attached hydrogen (secondary N) is 1. The number of hydrogen-bond acceptors (Lipinski definition) is 4. The van der Waals surface area contributed by atoms with Crippen LogP contribution in [-0.4, -0.2) is 58.1 Å². The van der Waals surface area contributed by atoms with Crippen molar-refractivity contribution in [3.05, 3.63) is 72.9 Å². The lowest BCUT2D eigenvalue weighted by Gasteiger charge is -2.37. The molecular weight excluding hydrogens is 489 g/mol. The van der Waals surface area contributed by atoms with Crippen LogP contribution in [0.25, 0.3) is 5.69 Å². The van der Waals surface area contributed by atoms with E-state index in [4.69, 9.17) is 4.99 Å². The van der Waals surface area contributed by atoms with Crippen molar-refractivity contribution in [3.8, 4) is 5.69 Å². The van der Waals surface area contributed by atoms with Crippen molar-refractivity contribution >= 4 is 35.8 Å². The number of rotatable bonds is 5. The summed E-state index contributed by atoms with van der Waals surface area (Å²) in [6, 6.07) is 14.4. The Hall–Kier alpha value is -2.62. The molecule has 1 aliphatic rings. The van der Waals surface area contributed by atoms with E-state index in [0.717, 1.165) is 50.2 Å². The number of aliphatic imine (C=N–C) groups is 1. The maximum absolute atomic E-state index is 4.94. The molecule has 3 aromatic rings. The van der Waals surface area contributed by atoms with Crippen LogP contribution in [0.4, 0.5) is 5.82 Å². The molecule has 0 atom stereocenters. The summed E-state index contributed by atoms with van der Waals surface area (Å²) in [5.74, 6) is 2.01. The topological polar surface area (TPSA) is 61.6 Å². The van der Waals surface area contributed by atoms with Gasteiger partial charge in [-0.25, -0.2) is 15.0 Å². The standard InChI is InChI=1S/C22H27N7.HI/c1-2-24-22(28-15-13-27(14-16-28)21-9-5-6-10-25-21)26-17-19-7-3-4-8-20(19)29-12-11-23-18-29;/h3-12,18H,2,13-17H2,1H3,(H,24,26);1H. The van der Waals surface area contributed by atoms with Gasteiger partial charge < -0.3 is 19.7 Å². The predicted molar refractivity (Wildman–Crippen MR) is 132 cm³/mol. The molecule has 0 amide bonds. The molecule has 0 aliphatic carbocycles. The molecule has 0 spiro atoms. The van der Waals surface area contributed by atoms with Crippen LogP contribution in [-0.2, 0) is 6.54 Å². The predicted octanol–water partition coefficient (Wildman–Crippen LogP) is 3.17. The number of benzene rings is 1. The Balaban J connectivity index is 0.00000256. The smallest absolute Gasteiger partial charge is 0.194 e. The lowest BCUT2D eigenvalue weighted by molar-refractivity contribution is 0.371. The summed E-state index contributed by atoms with van der Waals surface area (Å²) in [6.07, 6.45) is 7.44. The number of hydrogen-bond donors (Lipinski definition) is 1. The molecule has 1 aromatic carbocycles. The number of nitrogens with zero attached hydrogens (tertiary/aromatic N) is 6. The third-order valence-corrected chi connectivity index (χ3v) is 5.06. The third-order valence-electron chi connectivity index (χ3n) is 5.06. The van der Waals surface area contributed by atoms with E-state index in [1.165, 1.54) is 5.56 Å². The summed E-state index contributed by atoms with van der Waals surface area (Å²) in [7, 11) is 0. The van der Waals surface area contributed by atoms with E-state index in [-0.39, 0.29) is 24.0 Å². The van der Waals surface area contributed by atoms with E-state index in [0.29, 0.717) is 6.54 Å². The van der Waals surface area contributed by atoms with Crippen LogP contribution in [0.15, 0.2) is 72.4 Å². The number of para-hydroxylation sites is 1. The molecule has 4 rings (SSSR count). The minimum absolute atomic E-state index is 0. The maximum Gasteiger partial charge on any atom is 0.194 e. The maximum atomic E-state index is 4.94. The fourth-order valence-electron chi connectivity index (χ4n) is 3.57. The zero-order valence-electron chi connectivity index (χ0n) is 17.2. The Morgan fingerprint density at radius 3 is 2.53 bits per heavy atom. The van der Waals surface area contributed by atoms with Gasteiger partial charge in [-0.3, -0.25) is 0 Å². The van der Waals surface area contributed by atoms with Crippen LogP contribution in [0.3, 0.4) is 0 Å². The van der Waals surface area contributed by atoms with E-state index >= 15 is 0 Å². The number of pyridine rings is 1. The Bertz CT molecular complexity index is 920. The fraction of sp³-hybridized carbons (Fsp3) is 0.318. The van der Waals surface area contributed by atoms with Crippen molar-refractivity contribution in [2.75, 3.05) is 37.6 Å². The van der Waals surface area contributed by atoms with Gasteiger partial charge in [0.25, 0.3) is 0 Å². The summed E-state index contributed by atoms with van der Waals surface area (Å²) in [6.45, 7) is 7.30. The average Bonchev–Trinajstić information content (AvgIpc) is 3.32. The summed E-state index contributed by atoms with van der Waals surface area (Å²) in [5.41, 5.74) is 2.29. The molecule has 0 saturated carbocycles. The van der Waals surface area contributed by atoms with Crippen LogP contribution in [0.5, 0.6) is 0 Å². The Morgan fingerprint density at radius 1 is 1.03 bits per heavy atom. The molecule has 8 heteroatoms. The SMILES string of the molecule is CCNC(=NCc1ccccc1-n1ccnc1)N1CCN(c2ccccn2)CC1.I. The number of guanidine groups is 1. The van der Waals surface area contributed by atoms with E-state index < -0.39 is 0 Å². The summed E-state index contributed by atoms with van der Waals surface area (Å²) < 4.78 is 2.03. The first-order valence-electron chi connectivity index (χ1n) is 10.1. The van der Waals surface area contributed by atoms with Crippen LogP contribution in [0.1, 0.15) is 12.5 Å². The highest BCUT2D eigenvalue weighted by Gasteiger charge is 2.20. The van der Waals surface area contributed by atoms with Gasteiger partial charge in [0.05, 0.1) is 18.6 Å². The van der Waals surface area contributed by atoms with Crippen LogP contribution >= 0.6 is 24.0 Å². The molecule has 0 unspecified atom stereocenters. The lowest BCUT2D eigenvalue weighted by atomic mass is 10.2. The number of halogens is 1. The van der Waals surface area contributed by atoms with Crippen molar-refractivity contribution in [2.24, 2.45) is 4.99 Å². The first kappa shape index (κ1) is 22.1.